The van der Waals surface area contributed by atoms with Crippen LogP contribution in [0.5, 0.6) is 0 Å². The average Bonchev–Trinajstić information content (AvgIpc) is 3.63. The second kappa shape index (κ2) is 10.8. The number of hydrogen-bond acceptors (Lipinski definition) is 7. The van der Waals surface area contributed by atoms with Crippen molar-refractivity contribution in [1.29, 1.82) is 0 Å². The molecule has 39 heavy (non-hydrogen) atoms. The lowest BCUT2D eigenvalue weighted by molar-refractivity contribution is 0.0990. The molecule has 0 atom stereocenters. The molecule has 1 aliphatic rings. The Balaban J connectivity index is 1.12. The molecule has 196 valence electrons. The number of aliphatic hydroxyl groups is 1. The van der Waals surface area contributed by atoms with E-state index in [0.29, 0.717) is 23.2 Å². The summed E-state index contributed by atoms with van der Waals surface area (Å²) < 4.78 is 1.81. The van der Waals surface area contributed by atoms with Crippen molar-refractivity contribution in [3.63, 3.8) is 0 Å². The Morgan fingerprint density at radius 1 is 0.949 bits per heavy atom. The number of fused-ring (bicyclic) bond motifs is 1. The molecule has 6 rings (SSSR count). The van der Waals surface area contributed by atoms with Crippen LogP contribution in [0.25, 0.3) is 16.6 Å². The molecular weight excluding hydrogens is 510 g/mol. The molecule has 1 fully saturated rings. The molecule has 1 aliphatic heterocycles. The third kappa shape index (κ3) is 5.45. The van der Waals surface area contributed by atoms with Gasteiger partial charge in [-0.25, -0.2) is 9.67 Å². The van der Waals surface area contributed by atoms with Gasteiger partial charge in [0, 0.05) is 52.6 Å². The highest BCUT2D eigenvalue weighted by Gasteiger charge is 2.18. The number of ketones is 1. The monoisotopic (exact) mass is 537 g/mol. The molecule has 8 nitrogen and oxygen atoms in total. The largest absolute Gasteiger partial charge is 0.393 e. The fraction of sp³-hybridized carbons (Fsp3) is 0.200. The second-order valence-electron chi connectivity index (χ2n) is 9.62. The summed E-state index contributed by atoms with van der Waals surface area (Å²) in [6, 6.07) is 20.6. The first-order chi connectivity index (χ1) is 19.0. The molecule has 0 aliphatic carbocycles. The Morgan fingerprint density at radius 2 is 1.67 bits per heavy atom. The van der Waals surface area contributed by atoms with E-state index in [0.717, 1.165) is 53.2 Å². The molecule has 0 radical (unpaired) electrons. The van der Waals surface area contributed by atoms with Crippen molar-refractivity contribution in [2.45, 2.75) is 25.4 Å². The minimum absolute atomic E-state index is 0.0307. The summed E-state index contributed by atoms with van der Waals surface area (Å²) in [7, 11) is 0. The number of piperidine rings is 1. The van der Waals surface area contributed by atoms with Crippen molar-refractivity contribution in [2.24, 2.45) is 0 Å². The molecule has 0 unspecified atom stereocenters. The number of aromatic nitrogens is 3. The third-order valence-electron chi connectivity index (χ3n) is 7.01. The van der Waals surface area contributed by atoms with Crippen LogP contribution in [-0.2, 0) is 6.42 Å². The molecule has 0 saturated carbocycles. The van der Waals surface area contributed by atoms with Crippen molar-refractivity contribution in [1.82, 2.24) is 14.8 Å². The van der Waals surface area contributed by atoms with E-state index in [1.807, 2.05) is 76.8 Å². The smallest absolute Gasteiger partial charge is 0.255 e. The van der Waals surface area contributed by atoms with Crippen LogP contribution >= 0.6 is 11.3 Å². The minimum atomic E-state index is -0.216. The van der Waals surface area contributed by atoms with E-state index in [4.69, 9.17) is 0 Å². The first-order valence-electron chi connectivity index (χ1n) is 12.9. The SMILES string of the molecule is O=C(Cc1nccs1)c1ccc(-n2ncc3cc(NC(=O)c4ccc(N5CCC(O)CC5)cc4)ccc32)cc1. The zero-order valence-corrected chi connectivity index (χ0v) is 22.0. The highest BCUT2D eigenvalue weighted by Crippen LogP contribution is 2.24. The Labute approximate surface area is 229 Å². The highest BCUT2D eigenvalue weighted by molar-refractivity contribution is 7.09. The van der Waals surface area contributed by atoms with Crippen LogP contribution in [0.15, 0.2) is 84.5 Å². The molecule has 9 heteroatoms. The van der Waals surface area contributed by atoms with E-state index >= 15 is 0 Å². The molecule has 3 aromatic carbocycles. The number of hydrogen-bond donors (Lipinski definition) is 2. The van der Waals surface area contributed by atoms with E-state index in [9.17, 15) is 14.7 Å². The minimum Gasteiger partial charge on any atom is -0.393 e. The van der Waals surface area contributed by atoms with E-state index in [2.05, 4.69) is 20.3 Å². The van der Waals surface area contributed by atoms with Gasteiger partial charge in [-0.3, -0.25) is 9.59 Å². The lowest BCUT2D eigenvalue weighted by Crippen LogP contribution is -2.35. The van der Waals surface area contributed by atoms with E-state index in [-0.39, 0.29) is 17.8 Å². The Hall–Kier alpha value is -4.34. The maximum Gasteiger partial charge on any atom is 0.255 e. The van der Waals surface area contributed by atoms with Gasteiger partial charge in [-0.2, -0.15) is 5.10 Å². The molecule has 2 N–H and O–H groups in total. The van der Waals surface area contributed by atoms with Gasteiger partial charge in [0.2, 0.25) is 0 Å². The predicted molar refractivity (Wildman–Crippen MR) is 153 cm³/mol. The molecule has 3 heterocycles. The van der Waals surface area contributed by atoms with Crippen molar-refractivity contribution in [3.05, 3.63) is 101 Å². The van der Waals surface area contributed by atoms with Gasteiger partial charge in [0.25, 0.3) is 5.91 Å². The molecule has 1 saturated heterocycles. The summed E-state index contributed by atoms with van der Waals surface area (Å²) in [5, 5.41) is 20.8. The number of carbonyl (C=O) groups excluding carboxylic acids is 2. The van der Waals surface area contributed by atoms with Crippen molar-refractivity contribution in [3.8, 4) is 5.69 Å². The van der Waals surface area contributed by atoms with Crippen molar-refractivity contribution in [2.75, 3.05) is 23.3 Å². The van der Waals surface area contributed by atoms with Crippen LogP contribution in [0.3, 0.4) is 0 Å². The highest BCUT2D eigenvalue weighted by atomic mass is 32.1. The van der Waals surface area contributed by atoms with E-state index < -0.39 is 0 Å². The third-order valence-corrected chi connectivity index (χ3v) is 7.79. The normalized spacial score (nSPS) is 14.0. The summed E-state index contributed by atoms with van der Waals surface area (Å²) >= 11 is 1.48. The summed E-state index contributed by atoms with van der Waals surface area (Å²) in [6.45, 7) is 1.63. The van der Waals surface area contributed by atoms with Crippen molar-refractivity contribution < 1.29 is 14.7 Å². The number of nitrogens with zero attached hydrogens (tertiary/aromatic N) is 4. The van der Waals surface area contributed by atoms with Gasteiger partial charge >= 0.3 is 0 Å². The summed E-state index contributed by atoms with van der Waals surface area (Å²) in [5.41, 5.74) is 4.70. The topological polar surface area (TPSA) is 100 Å². The van der Waals surface area contributed by atoms with Crippen LogP contribution in [0, 0.1) is 0 Å². The number of carbonyl (C=O) groups is 2. The predicted octanol–water partition coefficient (Wildman–Crippen LogP) is 5.12. The Kier molecular flexibility index (Phi) is 6.91. The number of anilines is 2. The molecule has 0 bridgehead atoms. The van der Waals surface area contributed by atoms with E-state index in [1.165, 1.54) is 11.3 Å². The van der Waals surface area contributed by atoms with Crippen LogP contribution in [0.1, 0.15) is 38.6 Å². The summed E-state index contributed by atoms with van der Waals surface area (Å²) in [6.07, 6.45) is 5.07. The van der Waals surface area contributed by atoms with Crippen LogP contribution in [-0.4, -0.2) is 50.8 Å². The quantitative estimate of drug-likeness (QED) is 0.280. The zero-order valence-electron chi connectivity index (χ0n) is 21.2. The number of amides is 1. The molecular formula is C30H27N5O3S. The standard InChI is InChI=1S/C30H27N5O3S/c36-26-11-14-34(15-12-26)24-6-3-21(4-7-24)30(38)33-23-5-10-27-22(17-23)19-32-35(27)25-8-1-20(2-9-25)28(37)18-29-31-13-16-39-29/h1-10,13,16-17,19,26,36H,11-12,14-15,18H2,(H,33,38). The average molecular weight is 538 g/mol. The van der Waals surface area contributed by atoms with Crippen LogP contribution < -0.4 is 10.2 Å². The summed E-state index contributed by atoms with van der Waals surface area (Å²) in [4.78, 5) is 31.9. The maximum atomic E-state index is 12.9. The number of Topliss-reactive ketones (excluding diaryl/α,β-unsaturated/α-hetero) is 1. The van der Waals surface area contributed by atoms with Crippen LogP contribution in [0.4, 0.5) is 11.4 Å². The number of aliphatic hydroxyl groups excluding tert-OH is 1. The van der Waals surface area contributed by atoms with Crippen molar-refractivity contribution >= 4 is 45.3 Å². The number of rotatable bonds is 7. The Bertz CT molecular complexity index is 1600. The molecule has 5 aromatic rings. The number of nitrogens with one attached hydrogen (secondary N) is 1. The lowest BCUT2D eigenvalue weighted by atomic mass is 10.1. The van der Waals surface area contributed by atoms with Gasteiger partial charge in [0.05, 0.1) is 29.9 Å². The van der Waals surface area contributed by atoms with Crippen LogP contribution in [0.2, 0.25) is 0 Å². The van der Waals surface area contributed by atoms with Gasteiger partial charge in [-0.05, 0) is 79.6 Å². The first kappa shape index (κ1) is 25.0. The second-order valence-corrected chi connectivity index (χ2v) is 10.6. The first-order valence-corrected chi connectivity index (χ1v) is 13.8. The fourth-order valence-electron chi connectivity index (χ4n) is 4.84. The molecule has 0 spiro atoms. The van der Waals surface area contributed by atoms with Gasteiger partial charge in [-0.15, -0.1) is 11.3 Å². The van der Waals surface area contributed by atoms with Gasteiger partial charge in [-0.1, -0.05) is 0 Å². The van der Waals surface area contributed by atoms with Gasteiger partial charge in [0.15, 0.2) is 5.78 Å². The van der Waals surface area contributed by atoms with Gasteiger partial charge < -0.3 is 15.3 Å². The number of benzene rings is 3. The lowest BCUT2D eigenvalue weighted by Gasteiger charge is -2.31. The fourth-order valence-corrected chi connectivity index (χ4v) is 5.45. The zero-order chi connectivity index (χ0) is 26.8. The summed E-state index contributed by atoms with van der Waals surface area (Å²) in [5.74, 6) is -0.149. The number of thiazole rings is 1. The molecule has 2 aromatic heterocycles. The van der Waals surface area contributed by atoms with Gasteiger partial charge in [0.1, 0.15) is 5.01 Å². The van der Waals surface area contributed by atoms with E-state index in [1.54, 1.807) is 12.4 Å². The maximum absolute atomic E-state index is 12.9. The molecule has 1 amide bonds. The Morgan fingerprint density at radius 3 is 2.38 bits per heavy atom.